The normalized spacial score (nSPS) is 8.55. The first-order chi connectivity index (χ1) is 5.04. The van der Waals surface area contributed by atoms with E-state index in [0.29, 0.717) is 12.2 Å². The van der Waals surface area contributed by atoms with E-state index in [1.807, 2.05) is 0 Å². The second kappa shape index (κ2) is 10.6. The predicted octanol–water partition coefficient (Wildman–Crippen LogP) is 1.58. The van der Waals surface area contributed by atoms with Crippen LogP contribution in [0.1, 0.15) is 6.42 Å². The van der Waals surface area contributed by atoms with Crippen molar-refractivity contribution >= 4 is 38.4 Å². The van der Waals surface area contributed by atoms with Crippen molar-refractivity contribution in [1.82, 2.24) is 0 Å². The Morgan fingerprint density at radius 1 is 1.45 bits per heavy atom. The second-order valence-electron chi connectivity index (χ2n) is 2.78. The first-order valence-corrected chi connectivity index (χ1v) is 14.2. The van der Waals surface area contributed by atoms with E-state index in [1.165, 1.54) is 7.11 Å². The summed E-state index contributed by atoms with van der Waals surface area (Å²) < 4.78 is 4.30. The van der Waals surface area contributed by atoms with Gasteiger partial charge in [-0.25, -0.2) is 0 Å². The van der Waals surface area contributed by atoms with E-state index in [4.69, 9.17) is 0 Å². The Morgan fingerprint density at radius 2 is 1.82 bits per heavy atom. The Balaban J connectivity index is 0. The third kappa shape index (κ3) is 25.0. The van der Waals surface area contributed by atoms with Crippen LogP contribution in [0, 0.1) is 0 Å². The molecule has 0 saturated heterocycles. The third-order valence-corrected chi connectivity index (χ3v) is 0.767. The summed E-state index contributed by atoms with van der Waals surface area (Å²) in [5.74, 6) is 0.363. The van der Waals surface area contributed by atoms with Gasteiger partial charge in [0.25, 0.3) is 0 Å². The van der Waals surface area contributed by atoms with Crippen LogP contribution in [0.2, 0.25) is 14.8 Å². The number of methoxy groups -OCH3 is 1. The molecule has 0 rings (SSSR count). The molecule has 2 nitrogen and oxygen atoms in total. The molecule has 0 heterocycles. The van der Waals surface area contributed by atoms with Crippen LogP contribution in [0.25, 0.3) is 0 Å². The Labute approximate surface area is 81.8 Å². The number of carbonyl (C=O) groups excluding carboxylic acids is 1. The molecule has 0 unspecified atom stereocenters. The number of ether oxygens (including phenoxy) is 1. The van der Waals surface area contributed by atoms with Gasteiger partial charge in [-0.3, -0.25) is 4.79 Å². The molecule has 0 aliphatic heterocycles. The molecule has 11 heavy (non-hydrogen) atoms. The topological polar surface area (TPSA) is 26.3 Å². The molecule has 4 heteroatoms. The van der Waals surface area contributed by atoms with Gasteiger partial charge in [-0.2, -0.15) is 12.6 Å². The van der Waals surface area contributed by atoms with Crippen LogP contribution in [0.5, 0.6) is 0 Å². The Kier molecular flexibility index (Phi) is 13.7. The number of rotatable bonds is 2. The van der Waals surface area contributed by atoms with Gasteiger partial charge in [0.2, 0.25) is 0 Å². The Morgan fingerprint density at radius 3 is 1.91 bits per heavy atom. The zero-order chi connectivity index (χ0) is 9.28. The molecule has 0 aromatic rings. The van der Waals surface area contributed by atoms with E-state index in [-0.39, 0.29) is 5.97 Å². The van der Waals surface area contributed by atoms with Crippen molar-refractivity contribution in [2.45, 2.75) is 21.2 Å². The van der Waals surface area contributed by atoms with Gasteiger partial charge >= 0.3 is 40.5 Å². The van der Waals surface area contributed by atoms with Gasteiger partial charge in [0.1, 0.15) is 0 Å². The maximum absolute atomic E-state index is 10.1. The molecule has 0 radical (unpaired) electrons. The van der Waals surface area contributed by atoms with E-state index in [1.54, 1.807) is 0 Å². The second-order valence-corrected chi connectivity index (χ2v) is 13.1. The summed E-state index contributed by atoms with van der Waals surface area (Å²) in [4.78, 5) is 17.3. The molecule has 0 amide bonds. The molecule has 68 valence electrons. The van der Waals surface area contributed by atoms with Gasteiger partial charge < -0.3 is 4.74 Å². The average Bonchev–Trinajstić information content (AvgIpc) is 1.87. The fraction of sp³-hybridized carbons (Fsp3) is 0.857. The Hall–Kier alpha value is 0.619. The van der Waals surface area contributed by atoms with Crippen LogP contribution in [-0.2, 0) is 9.53 Å². The summed E-state index contributed by atoms with van der Waals surface area (Å²) in [7, 11) is 1.37. The molecule has 0 saturated carbocycles. The van der Waals surface area contributed by atoms with Crippen molar-refractivity contribution in [2.24, 2.45) is 0 Å². The van der Waals surface area contributed by atoms with Crippen molar-refractivity contribution in [3.63, 3.8) is 0 Å². The first-order valence-electron chi connectivity index (χ1n) is 3.72. The minimum absolute atomic E-state index is 0.199. The zero-order valence-electron chi connectivity index (χ0n) is 7.76. The molecule has 0 aliphatic rings. The summed E-state index contributed by atoms with van der Waals surface area (Å²) in [6, 6.07) is 0. The van der Waals surface area contributed by atoms with E-state index >= 15 is 0 Å². The van der Waals surface area contributed by atoms with Crippen molar-refractivity contribution in [3.8, 4) is 0 Å². The Bertz CT molecular complexity index is 93.7. The summed E-state index contributed by atoms with van der Waals surface area (Å²) in [5.41, 5.74) is 0. The molecule has 0 atom stereocenters. The minimum atomic E-state index is -0.637. The van der Waals surface area contributed by atoms with Crippen molar-refractivity contribution in [2.75, 3.05) is 12.9 Å². The monoisotopic (exact) mass is 286 g/mol. The van der Waals surface area contributed by atoms with Gasteiger partial charge in [-0.05, 0) is 0 Å². The number of carbonyl (C=O) groups is 1. The van der Waals surface area contributed by atoms with Crippen LogP contribution in [-0.4, -0.2) is 38.6 Å². The van der Waals surface area contributed by atoms with Gasteiger partial charge in [0, 0.05) is 5.75 Å². The van der Waals surface area contributed by atoms with Gasteiger partial charge in [0.15, 0.2) is 0 Å². The summed E-state index contributed by atoms with van der Waals surface area (Å²) >= 11 is 3.18. The fourth-order valence-corrected chi connectivity index (χ4v) is 0.376. The SMILES string of the molecule is COC(=O)CCS.[CH3][SnH]([CH3])[CH3]. The van der Waals surface area contributed by atoms with E-state index in [0.717, 1.165) is 0 Å². The number of thiol groups is 1. The van der Waals surface area contributed by atoms with Crippen molar-refractivity contribution in [1.29, 1.82) is 0 Å². The van der Waals surface area contributed by atoms with Crippen molar-refractivity contribution < 1.29 is 9.53 Å². The van der Waals surface area contributed by atoms with E-state index in [9.17, 15) is 4.79 Å². The number of esters is 1. The molecule has 0 aliphatic carbocycles. The standard InChI is InChI=1S/C4H8O2S.3CH3.Sn.H/c1-6-4(5)2-3-7;;;;;/h7H,2-3H2,1H3;3*1H3;;. The summed E-state index contributed by atoms with van der Waals surface area (Å²) in [6.45, 7) is 0. The molecule has 0 aromatic heterocycles. The van der Waals surface area contributed by atoms with Gasteiger partial charge in [-0.15, -0.1) is 0 Å². The predicted molar refractivity (Wildman–Crippen MR) is 55.2 cm³/mol. The first kappa shape index (κ1) is 14.2. The van der Waals surface area contributed by atoms with Crippen molar-refractivity contribution in [3.05, 3.63) is 0 Å². The molecule has 0 spiro atoms. The fourth-order valence-electron chi connectivity index (χ4n) is 0.193. The quantitative estimate of drug-likeness (QED) is 0.473. The molecular weight excluding hydrogens is 267 g/mol. The number of hydrogen-bond acceptors (Lipinski definition) is 3. The molecule has 0 aromatic carbocycles. The summed E-state index contributed by atoms with van der Waals surface area (Å²) in [5, 5.41) is 0. The van der Waals surface area contributed by atoms with Crippen LogP contribution in [0.3, 0.4) is 0 Å². The van der Waals surface area contributed by atoms with Gasteiger partial charge in [0.05, 0.1) is 13.5 Å². The molecule has 0 N–H and O–H groups in total. The molecular formula is C7H18O2SSn. The summed E-state index contributed by atoms with van der Waals surface area (Å²) in [6.07, 6.45) is 0.402. The van der Waals surface area contributed by atoms with Crippen LogP contribution in [0.4, 0.5) is 0 Å². The van der Waals surface area contributed by atoms with E-state index < -0.39 is 19.8 Å². The van der Waals surface area contributed by atoms with E-state index in [2.05, 4.69) is 32.2 Å². The molecule has 0 bridgehead atoms. The zero-order valence-corrected chi connectivity index (χ0v) is 11.9. The van der Waals surface area contributed by atoms with Crippen LogP contribution in [0.15, 0.2) is 0 Å². The average molecular weight is 285 g/mol. The third-order valence-electron chi connectivity index (χ3n) is 0.544. The maximum atomic E-state index is 10.1. The van der Waals surface area contributed by atoms with Crippen LogP contribution >= 0.6 is 12.6 Å². The van der Waals surface area contributed by atoms with Gasteiger partial charge in [-0.1, -0.05) is 0 Å². The number of hydrogen-bond donors (Lipinski definition) is 1. The molecule has 0 fully saturated rings. The van der Waals surface area contributed by atoms with Crippen LogP contribution < -0.4 is 0 Å².